The van der Waals surface area contributed by atoms with Crippen molar-refractivity contribution in [3.05, 3.63) is 11.3 Å². The second-order valence-corrected chi connectivity index (χ2v) is 5.36. The number of allylic oxidation sites excluding steroid dienone is 2. The Morgan fingerprint density at radius 3 is 2.60 bits per heavy atom. The molecule has 3 nitrogen and oxygen atoms in total. The second-order valence-electron chi connectivity index (χ2n) is 5.36. The molecule has 2 aliphatic rings. The van der Waals surface area contributed by atoms with Gasteiger partial charge in [-0.3, -0.25) is 9.59 Å². The number of rotatable bonds is 0. The van der Waals surface area contributed by atoms with E-state index in [1.54, 1.807) is 0 Å². The molecule has 1 aliphatic heterocycles. The molecular weight excluding hydrogens is 192 g/mol. The van der Waals surface area contributed by atoms with Gasteiger partial charge in [0.15, 0.2) is 5.78 Å². The Hall–Kier alpha value is -1.12. The van der Waals surface area contributed by atoms with Gasteiger partial charge in [0, 0.05) is 18.4 Å². The van der Waals surface area contributed by atoms with E-state index in [1.807, 2.05) is 20.8 Å². The smallest absolute Gasteiger partial charge is 0.311 e. The zero-order chi connectivity index (χ0) is 11.2. The Morgan fingerprint density at radius 1 is 1.27 bits per heavy atom. The summed E-state index contributed by atoms with van der Waals surface area (Å²) in [5, 5.41) is 0. The summed E-state index contributed by atoms with van der Waals surface area (Å²) in [4.78, 5) is 23.2. The topological polar surface area (TPSA) is 43.4 Å². The molecule has 82 valence electrons. The molecule has 0 N–H and O–H groups in total. The summed E-state index contributed by atoms with van der Waals surface area (Å²) in [6, 6.07) is 0. The number of carbonyl (C=O) groups excluding carboxylic acids is 2. The summed E-state index contributed by atoms with van der Waals surface area (Å²) in [7, 11) is 0. The highest BCUT2D eigenvalue weighted by Gasteiger charge is 2.39. The Morgan fingerprint density at radius 2 is 1.93 bits per heavy atom. The van der Waals surface area contributed by atoms with Crippen LogP contribution in [0.5, 0.6) is 0 Å². The van der Waals surface area contributed by atoms with Gasteiger partial charge in [0.1, 0.15) is 5.76 Å². The molecule has 1 unspecified atom stereocenters. The molecule has 1 atom stereocenters. The third-order valence-electron chi connectivity index (χ3n) is 3.08. The van der Waals surface area contributed by atoms with E-state index in [-0.39, 0.29) is 23.1 Å². The standard InChI is InChI=1S/C12H16O3/c1-7-4-10(14)15-9-6-12(2,3)5-8(13)11(7)9/h7H,4-6H2,1-3H3. The van der Waals surface area contributed by atoms with Gasteiger partial charge in [-0.15, -0.1) is 0 Å². The molecule has 0 aromatic carbocycles. The molecular formula is C12H16O3. The molecule has 15 heavy (non-hydrogen) atoms. The van der Waals surface area contributed by atoms with Crippen molar-refractivity contribution in [3.63, 3.8) is 0 Å². The summed E-state index contributed by atoms with van der Waals surface area (Å²) in [6.07, 6.45) is 1.60. The predicted octanol–water partition coefficient (Wildman–Crippen LogP) is 2.21. The highest BCUT2D eigenvalue weighted by atomic mass is 16.5. The van der Waals surface area contributed by atoms with Crippen LogP contribution in [0.4, 0.5) is 0 Å². The maximum Gasteiger partial charge on any atom is 0.311 e. The number of hydrogen-bond donors (Lipinski definition) is 0. The quantitative estimate of drug-likeness (QED) is 0.573. The molecule has 1 aliphatic carbocycles. The fourth-order valence-electron chi connectivity index (χ4n) is 2.45. The first kappa shape index (κ1) is 10.4. The molecule has 1 heterocycles. The average Bonchev–Trinajstić information content (AvgIpc) is 1.97. The third-order valence-corrected chi connectivity index (χ3v) is 3.08. The van der Waals surface area contributed by atoms with Crippen LogP contribution in [-0.4, -0.2) is 11.8 Å². The number of hydrogen-bond acceptors (Lipinski definition) is 3. The summed E-state index contributed by atoms with van der Waals surface area (Å²) in [5.41, 5.74) is 0.682. The first-order valence-corrected chi connectivity index (χ1v) is 5.36. The van der Waals surface area contributed by atoms with Crippen molar-refractivity contribution in [2.45, 2.75) is 40.0 Å². The Balaban J connectivity index is 2.40. The number of ketones is 1. The van der Waals surface area contributed by atoms with Crippen molar-refractivity contribution in [1.82, 2.24) is 0 Å². The third kappa shape index (κ3) is 1.83. The molecule has 0 fully saturated rings. The Labute approximate surface area is 89.5 Å². The van der Waals surface area contributed by atoms with E-state index < -0.39 is 0 Å². The van der Waals surface area contributed by atoms with Crippen molar-refractivity contribution >= 4 is 11.8 Å². The van der Waals surface area contributed by atoms with Crippen molar-refractivity contribution in [1.29, 1.82) is 0 Å². The maximum atomic E-state index is 11.9. The van der Waals surface area contributed by atoms with Gasteiger partial charge in [0.25, 0.3) is 0 Å². The monoisotopic (exact) mass is 208 g/mol. The highest BCUT2D eigenvalue weighted by molar-refractivity contribution is 5.99. The van der Waals surface area contributed by atoms with Crippen LogP contribution in [0.2, 0.25) is 0 Å². The lowest BCUT2D eigenvalue weighted by atomic mass is 9.73. The largest absolute Gasteiger partial charge is 0.431 e. The minimum atomic E-state index is -0.202. The minimum Gasteiger partial charge on any atom is -0.431 e. The predicted molar refractivity (Wildman–Crippen MR) is 54.9 cm³/mol. The SMILES string of the molecule is CC1CC(=O)OC2=C1C(=O)CC(C)(C)C2. The zero-order valence-electron chi connectivity index (χ0n) is 9.42. The van der Waals surface area contributed by atoms with Crippen LogP contribution < -0.4 is 0 Å². The molecule has 0 aromatic rings. The second kappa shape index (κ2) is 3.19. The lowest BCUT2D eigenvalue weighted by Gasteiger charge is -2.35. The molecule has 0 radical (unpaired) electrons. The number of ether oxygens (including phenoxy) is 1. The molecule has 0 amide bonds. The van der Waals surface area contributed by atoms with Gasteiger partial charge in [0.05, 0.1) is 6.42 Å². The number of carbonyl (C=O) groups is 2. The van der Waals surface area contributed by atoms with Gasteiger partial charge in [-0.1, -0.05) is 20.8 Å². The van der Waals surface area contributed by atoms with Crippen molar-refractivity contribution < 1.29 is 14.3 Å². The average molecular weight is 208 g/mol. The van der Waals surface area contributed by atoms with Crippen LogP contribution in [0.15, 0.2) is 11.3 Å². The van der Waals surface area contributed by atoms with E-state index in [0.29, 0.717) is 25.0 Å². The fourth-order valence-corrected chi connectivity index (χ4v) is 2.45. The molecule has 0 bridgehead atoms. The molecule has 0 saturated carbocycles. The molecule has 3 heteroatoms. The van der Waals surface area contributed by atoms with E-state index in [4.69, 9.17) is 4.74 Å². The lowest BCUT2D eigenvalue weighted by Crippen LogP contribution is -2.33. The van der Waals surface area contributed by atoms with Gasteiger partial charge < -0.3 is 4.74 Å². The van der Waals surface area contributed by atoms with E-state index in [2.05, 4.69) is 0 Å². The first-order chi connectivity index (χ1) is 6.89. The zero-order valence-corrected chi connectivity index (χ0v) is 9.42. The number of esters is 1. The molecule has 0 aromatic heterocycles. The van der Waals surface area contributed by atoms with Gasteiger partial charge >= 0.3 is 5.97 Å². The van der Waals surface area contributed by atoms with Gasteiger partial charge in [-0.2, -0.15) is 0 Å². The minimum absolute atomic E-state index is 0.0323. The fraction of sp³-hybridized carbons (Fsp3) is 0.667. The van der Waals surface area contributed by atoms with Crippen molar-refractivity contribution in [2.24, 2.45) is 11.3 Å². The summed E-state index contributed by atoms with van der Waals surface area (Å²) in [5.74, 6) is 0.609. The summed E-state index contributed by atoms with van der Waals surface area (Å²) in [6.45, 7) is 5.98. The van der Waals surface area contributed by atoms with E-state index in [1.165, 1.54) is 0 Å². The van der Waals surface area contributed by atoms with Crippen LogP contribution in [0.25, 0.3) is 0 Å². The van der Waals surface area contributed by atoms with E-state index >= 15 is 0 Å². The van der Waals surface area contributed by atoms with Crippen LogP contribution in [0.3, 0.4) is 0 Å². The van der Waals surface area contributed by atoms with E-state index in [9.17, 15) is 9.59 Å². The van der Waals surface area contributed by atoms with Crippen molar-refractivity contribution in [3.8, 4) is 0 Å². The van der Waals surface area contributed by atoms with Gasteiger partial charge in [-0.25, -0.2) is 0 Å². The molecule has 0 saturated heterocycles. The maximum absolute atomic E-state index is 11.9. The van der Waals surface area contributed by atoms with E-state index in [0.717, 1.165) is 5.57 Å². The van der Waals surface area contributed by atoms with Gasteiger partial charge in [0.2, 0.25) is 0 Å². The lowest BCUT2D eigenvalue weighted by molar-refractivity contribution is -0.143. The highest BCUT2D eigenvalue weighted by Crippen LogP contribution is 2.42. The van der Waals surface area contributed by atoms with Crippen LogP contribution in [0, 0.1) is 11.3 Å². The van der Waals surface area contributed by atoms with Crippen molar-refractivity contribution in [2.75, 3.05) is 0 Å². The number of Topliss-reactive ketones (excluding diaryl/α,β-unsaturated/α-hetero) is 1. The molecule has 0 spiro atoms. The Kier molecular flexibility index (Phi) is 2.21. The van der Waals surface area contributed by atoms with Gasteiger partial charge in [-0.05, 0) is 11.3 Å². The van der Waals surface area contributed by atoms with Crippen LogP contribution >= 0.6 is 0 Å². The summed E-state index contributed by atoms with van der Waals surface area (Å²) >= 11 is 0. The Bertz CT molecular complexity index is 363. The normalized spacial score (nSPS) is 29.9. The van der Waals surface area contributed by atoms with Crippen LogP contribution in [-0.2, 0) is 14.3 Å². The first-order valence-electron chi connectivity index (χ1n) is 5.36. The van der Waals surface area contributed by atoms with Crippen LogP contribution in [0.1, 0.15) is 40.0 Å². The summed E-state index contributed by atoms with van der Waals surface area (Å²) < 4.78 is 5.19. The molecule has 2 rings (SSSR count).